The molecule has 8 rings (SSSR count). The first-order chi connectivity index (χ1) is 30.4. The van der Waals surface area contributed by atoms with Crippen molar-refractivity contribution >= 4 is 35.3 Å². The van der Waals surface area contributed by atoms with Crippen molar-refractivity contribution in [3.8, 4) is 69.7 Å². The van der Waals surface area contributed by atoms with E-state index in [0.717, 1.165) is 5.75 Å². The Kier molecular flexibility index (Phi) is 12.7. The van der Waals surface area contributed by atoms with Crippen molar-refractivity contribution in [2.45, 2.75) is 31.8 Å². The number of primary amides is 2. The van der Waals surface area contributed by atoms with Gasteiger partial charge in [0.2, 0.25) is 0 Å². The van der Waals surface area contributed by atoms with Gasteiger partial charge in [0.1, 0.15) is 57.1 Å². The van der Waals surface area contributed by atoms with Crippen molar-refractivity contribution in [3.63, 3.8) is 0 Å². The number of amides is 4. The van der Waals surface area contributed by atoms with Crippen molar-refractivity contribution in [2.75, 3.05) is 37.6 Å². The molecule has 8 N–H and O–H groups in total. The number of para-hydroxylation sites is 2. The van der Waals surface area contributed by atoms with Crippen LogP contribution in [0.4, 0.5) is 11.6 Å². The molecule has 0 radical (unpaired) electrons. The number of benzene rings is 4. The summed E-state index contributed by atoms with van der Waals surface area (Å²) >= 11 is 0. The lowest BCUT2D eigenvalue weighted by Crippen LogP contribution is -2.28. The highest BCUT2D eigenvalue weighted by atomic mass is 16.5. The summed E-state index contributed by atoms with van der Waals surface area (Å²) in [6.07, 6.45) is 6.49. The summed E-state index contributed by atoms with van der Waals surface area (Å²) in [5, 5.41) is 9.19. The van der Waals surface area contributed by atoms with E-state index in [9.17, 15) is 19.2 Å². The third-order valence-corrected chi connectivity index (χ3v) is 10.5. The van der Waals surface area contributed by atoms with Crippen LogP contribution in [-0.2, 0) is 9.59 Å². The van der Waals surface area contributed by atoms with Crippen LogP contribution < -0.4 is 32.4 Å². The normalized spacial score (nSPS) is 15.3. The monoisotopic (exact) mass is 844 g/mol. The zero-order chi connectivity index (χ0) is 44.6. The topological polar surface area (TPSA) is 233 Å². The van der Waals surface area contributed by atoms with Crippen LogP contribution in [0.1, 0.15) is 52.6 Å². The Morgan fingerprint density at radius 2 is 0.984 bits per heavy atom. The number of terminal acetylenes is 1. The SMILES string of the molecule is C#CC(=O)N1CC[C@@H](n2nc(-c3ccc(Oc4ccccc4)cc3)c(C(N)=O)c2N)C1.CC#CC(=O)N1CC[C@@H](n2nc(-c3ccc(Oc4ccccc4)cc3)c(C(N)=O)c2N)C1. The first kappa shape index (κ1) is 42.6. The van der Waals surface area contributed by atoms with Gasteiger partial charge in [0.05, 0.1) is 12.1 Å². The summed E-state index contributed by atoms with van der Waals surface area (Å²) in [6.45, 7) is 3.46. The third-order valence-electron chi connectivity index (χ3n) is 10.5. The molecule has 2 atom stereocenters. The van der Waals surface area contributed by atoms with Gasteiger partial charge in [-0.15, -0.1) is 6.42 Å². The van der Waals surface area contributed by atoms with Crippen LogP contribution in [0.2, 0.25) is 0 Å². The number of nitrogen functional groups attached to an aromatic ring is 2. The second-order valence-corrected chi connectivity index (χ2v) is 14.6. The molecule has 0 bridgehead atoms. The predicted octanol–water partition coefficient (Wildman–Crippen LogP) is 5.25. The van der Waals surface area contributed by atoms with E-state index >= 15 is 0 Å². The van der Waals surface area contributed by atoms with Gasteiger partial charge in [0.25, 0.3) is 23.6 Å². The van der Waals surface area contributed by atoms with Crippen molar-refractivity contribution in [2.24, 2.45) is 11.5 Å². The number of carbonyl (C=O) groups is 4. The number of rotatable bonds is 10. The Balaban J connectivity index is 0.000000189. The maximum Gasteiger partial charge on any atom is 0.298 e. The van der Waals surface area contributed by atoms with Crippen LogP contribution in [0, 0.1) is 24.2 Å². The highest BCUT2D eigenvalue weighted by Crippen LogP contribution is 2.35. The summed E-state index contributed by atoms with van der Waals surface area (Å²) in [7, 11) is 0. The van der Waals surface area contributed by atoms with Crippen molar-refractivity contribution in [3.05, 3.63) is 120 Å². The van der Waals surface area contributed by atoms with Crippen molar-refractivity contribution in [1.82, 2.24) is 29.4 Å². The van der Waals surface area contributed by atoms with Gasteiger partial charge < -0.3 is 42.2 Å². The fourth-order valence-electron chi connectivity index (χ4n) is 7.48. The Bertz CT molecular complexity index is 2750. The molecule has 4 amide bonds. The number of hydrogen-bond acceptors (Lipinski definition) is 10. The van der Waals surface area contributed by atoms with Gasteiger partial charge >= 0.3 is 0 Å². The minimum Gasteiger partial charge on any atom is -0.457 e. The van der Waals surface area contributed by atoms with E-state index < -0.39 is 11.8 Å². The average molecular weight is 845 g/mol. The standard InChI is InChI=1S/C24H23N5O3.C23H21N5O3/c1-2-6-20(30)28-14-13-17(15-28)29-23(25)21(24(26)31)22(27-29)16-9-11-19(12-10-16)32-18-7-4-3-5-8-18;1-2-19(29)27-13-12-16(14-27)28-22(24)20(23(25)30)21(26-28)15-8-10-18(11-9-15)31-17-6-4-3-5-7-17/h3-5,7-12,17H,13-15,25H2,1H3,(H2,26,31);1,3-11,16H,12-14,24H2,(H2,25,30)/t17-;16-/m11/s1. The molecule has 16 nitrogen and oxygen atoms in total. The number of carbonyl (C=O) groups excluding carboxylic acids is 4. The van der Waals surface area contributed by atoms with Crippen LogP contribution in [0.3, 0.4) is 0 Å². The van der Waals surface area contributed by atoms with Crippen molar-refractivity contribution < 1.29 is 28.7 Å². The molecule has 0 aliphatic carbocycles. The third kappa shape index (κ3) is 9.46. The number of nitrogens with two attached hydrogens (primary N) is 4. The van der Waals surface area contributed by atoms with Crippen LogP contribution >= 0.6 is 0 Å². The van der Waals surface area contributed by atoms with Gasteiger partial charge in [-0.25, -0.2) is 9.36 Å². The number of anilines is 2. The van der Waals surface area contributed by atoms with Gasteiger partial charge in [-0.3, -0.25) is 19.2 Å². The second kappa shape index (κ2) is 18.8. The smallest absolute Gasteiger partial charge is 0.298 e. The number of aromatic nitrogens is 4. The van der Waals surface area contributed by atoms with Crippen LogP contribution in [0.5, 0.6) is 23.0 Å². The zero-order valence-corrected chi connectivity index (χ0v) is 34.3. The molecule has 0 unspecified atom stereocenters. The zero-order valence-electron chi connectivity index (χ0n) is 34.3. The van der Waals surface area contributed by atoms with E-state index in [1.54, 1.807) is 74.6 Å². The Hall–Kier alpha value is -8.50. The summed E-state index contributed by atoms with van der Waals surface area (Å²) in [6, 6.07) is 32.8. The number of ether oxygens (including phenoxy) is 2. The molecular formula is C47H44N10O6. The predicted molar refractivity (Wildman–Crippen MR) is 237 cm³/mol. The Labute approximate surface area is 363 Å². The molecule has 4 heterocycles. The minimum absolute atomic E-state index is 0.151. The van der Waals surface area contributed by atoms with Crippen LogP contribution in [0.25, 0.3) is 22.5 Å². The fourth-order valence-corrected chi connectivity index (χ4v) is 7.48. The Morgan fingerprint density at radius 1 is 0.603 bits per heavy atom. The van der Waals surface area contributed by atoms with Gasteiger partial charge in [-0.05, 0) is 104 Å². The summed E-state index contributed by atoms with van der Waals surface area (Å²) < 4.78 is 14.8. The first-order valence-corrected chi connectivity index (χ1v) is 19.9. The summed E-state index contributed by atoms with van der Waals surface area (Å²) in [5.74, 6) is 8.44. The van der Waals surface area contributed by atoms with Gasteiger partial charge in [-0.2, -0.15) is 10.2 Å². The molecule has 318 valence electrons. The number of hydrogen-bond donors (Lipinski definition) is 4. The average Bonchev–Trinajstić information content (AvgIpc) is 4.11. The highest BCUT2D eigenvalue weighted by molar-refractivity contribution is 6.04. The summed E-state index contributed by atoms with van der Waals surface area (Å²) in [5.41, 5.74) is 26.2. The largest absolute Gasteiger partial charge is 0.457 e. The molecule has 2 aliphatic rings. The molecular weight excluding hydrogens is 801 g/mol. The van der Waals surface area contributed by atoms with E-state index in [1.165, 1.54) is 0 Å². The highest BCUT2D eigenvalue weighted by Gasteiger charge is 2.33. The maximum atomic E-state index is 12.2. The molecule has 2 saturated heterocycles. The van der Waals surface area contributed by atoms with E-state index in [0.29, 0.717) is 78.8 Å². The molecule has 2 fully saturated rings. The van der Waals surface area contributed by atoms with E-state index in [-0.39, 0.29) is 46.7 Å². The quantitative estimate of drug-likeness (QED) is 0.131. The molecule has 2 aromatic heterocycles. The molecule has 0 saturated carbocycles. The summed E-state index contributed by atoms with van der Waals surface area (Å²) in [4.78, 5) is 51.4. The van der Waals surface area contributed by atoms with Gasteiger partial charge in [0.15, 0.2) is 0 Å². The lowest BCUT2D eigenvalue weighted by atomic mass is 10.1. The minimum atomic E-state index is -0.669. The van der Waals surface area contributed by atoms with E-state index in [1.807, 2.05) is 60.7 Å². The molecule has 16 heteroatoms. The fraction of sp³-hybridized carbons (Fsp3) is 0.191. The van der Waals surface area contributed by atoms with Gasteiger partial charge in [-0.1, -0.05) is 42.3 Å². The van der Waals surface area contributed by atoms with Gasteiger partial charge in [0, 0.05) is 37.3 Å². The Morgan fingerprint density at radius 3 is 1.35 bits per heavy atom. The van der Waals surface area contributed by atoms with Crippen LogP contribution in [0.15, 0.2) is 109 Å². The lowest BCUT2D eigenvalue weighted by molar-refractivity contribution is -0.125. The second-order valence-electron chi connectivity index (χ2n) is 14.6. The first-order valence-electron chi connectivity index (χ1n) is 19.9. The maximum absolute atomic E-state index is 12.2. The molecule has 6 aromatic rings. The number of likely N-dealkylation sites (tertiary alicyclic amines) is 2. The number of nitrogens with zero attached hydrogens (tertiary/aromatic N) is 6. The van der Waals surface area contributed by atoms with Crippen LogP contribution in [-0.4, -0.2) is 79.2 Å². The molecule has 2 aliphatic heterocycles. The van der Waals surface area contributed by atoms with Crippen molar-refractivity contribution in [1.29, 1.82) is 0 Å². The van der Waals surface area contributed by atoms with E-state index in [2.05, 4.69) is 28.0 Å². The lowest BCUT2D eigenvalue weighted by Gasteiger charge is -2.14. The molecule has 4 aromatic carbocycles. The molecule has 63 heavy (non-hydrogen) atoms. The van der Waals surface area contributed by atoms with E-state index in [4.69, 9.17) is 38.8 Å². The molecule has 0 spiro atoms.